The Morgan fingerprint density at radius 3 is 2.51 bits per heavy atom. The zero-order chi connectivity index (χ0) is 24.6. The Labute approximate surface area is 217 Å². The van der Waals surface area contributed by atoms with Gasteiger partial charge in [0.05, 0.1) is 21.7 Å². The van der Waals surface area contributed by atoms with Gasteiger partial charge in [0.15, 0.2) is 0 Å². The molecule has 1 saturated carbocycles. The maximum absolute atomic E-state index is 13.1. The Balaban J connectivity index is 1.33. The van der Waals surface area contributed by atoms with E-state index in [4.69, 9.17) is 28.2 Å². The van der Waals surface area contributed by atoms with Gasteiger partial charge in [-0.05, 0) is 68.0 Å². The minimum Gasteiger partial charge on any atom is -0.300 e. The first kappa shape index (κ1) is 24.9. The van der Waals surface area contributed by atoms with Crippen LogP contribution in [0.4, 0.5) is 0 Å². The van der Waals surface area contributed by atoms with Crippen molar-refractivity contribution < 1.29 is 9.59 Å². The minimum absolute atomic E-state index is 0.152. The van der Waals surface area contributed by atoms with Crippen molar-refractivity contribution in [3.05, 3.63) is 63.4 Å². The highest BCUT2D eigenvalue weighted by Gasteiger charge is 2.44. The van der Waals surface area contributed by atoms with Crippen LogP contribution in [0.25, 0.3) is 0 Å². The van der Waals surface area contributed by atoms with Crippen LogP contribution in [-0.2, 0) is 15.0 Å². The maximum atomic E-state index is 13.1. The molecule has 0 bridgehead atoms. The smallest absolute Gasteiger partial charge is 0.141 e. The third-order valence-electron chi connectivity index (χ3n) is 8.35. The molecule has 35 heavy (non-hydrogen) atoms. The first-order valence-corrected chi connectivity index (χ1v) is 13.5. The van der Waals surface area contributed by atoms with E-state index in [0.717, 1.165) is 63.4 Å². The summed E-state index contributed by atoms with van der Waals surface area (Å²) in [6.07, 6.45) is 4.46. The van der Waals surface area contributed by atoms with Crippen molar-refractivity contribution >= 4 is 34.8 Å². The lowest BCUT2D eigenvalue weighted by molar-refractivity contribution is -0.123. The minimum atomic E-state index is -0.201. The quantitative estimate of drug-likeness (QED) is 0.530. The van der Waals surface area contributed by atoms with E-state index in [2.05, 4.69) is 15.9 Å². The Kier molecular flexibility index (Phi) is 7.32. The van der Waals surface area contributed by atoms with E-state index in [-0.39, 0.29) is 17.1 Å². The molecule has 2 aliphatic heterocycles. The number of pyridine rings is 1. The number of likely N-dealkylation sites (tertiary alicyclic amines) is 2. The van der Waals surface area contributed by atoms with E-state index in [9.17, 15) is 9.59 Å². The standard InChI is InChI=1S/C28H33Cl2N3O2/c1-19-3-2-4-26(31-19)23-16-28(10-7-27(23)35,20-5-6-24(29)25(30)15-20)11-14-32-17-21(18-32)33-12-8-22(34)9-13-33/h2-6,15,21,23H,7-14,16-18H2,1H3/t23?,28-/m1/s1. The molecule has 0 radical (unpaired) electrons. The average molecular weight is 514 g/mol. The summed E-state index contributed by atoms with van der Waals surface area (Å²) < 4.78 is 0. The van der Waals surface area contributed by atoms with Gasteiger partial charge in [0, 0.05) is 57.2 Å². The molecule has 3 heterocycles. The molecule has 5 rings (SSSR count). The van der Waals surface area contributed by atoms with Gasteiger partial charge in [0.2, 0.25) is 0 Å². The van der Waals surface area contributed by atoms with Crippen molar-refractivity contribution in [2.45, 2.75) is 62.8 Å². The van der Waals surface area contributed by atoms with Crippen LogP contribution in [-0.4, -0.2) is 65.1 Å². The van der Waals surface area contributed by atoms with E-state index in [0.29, 0.717) is 41.1 Å². The summed E-state index contributed by atoms with van der Waals surface area (Å²) in [6.45, 7) is 6.85. The van der Waals surface area contributed by atoms with E-state index in [1.54, 1.807) is 0 Å². The van der Waals surface area contributed by atoms with Gasteiger partial charge in [0.25, 0.3) is 0 Å². The van der Waals surface area contributed by atoms with Gasteiger partial charge in [-0.1, -0.05) is 35.3 Å². The number of nitrogens with zero attached hydrogens (tertiary/aromatic N) is 3. The number of hydrogen-bond acceptors (Lipinski definition) is 5. The topological polar surface area (TPSA) is 53.5 Å². The van der Waals surface area contributed by atoms with E-state index < -0.39 is 0 Å². The normalized spacial score (nSPS) is 26.7. The molecule has 7 heteroatoms. The van der Waals surface area contributed by atoms with Crippen LogP contribution in [0.2, 0.25) is 10.0 Å². The van der Waals surface area contributed by atoms with Gasteiger partial charge in [0.1, 0.15) is 11.6 Å². The number of ketones is 2. The number of benzene rings is 1. The molecular weight excluding hydrogens is 481 g/mol. The lowest BCUT2D eigenvalue weighted by atomic mass is 9.63. The molecule has 3 fully saturated rings. The molecule has 3 aliphatic rings. The van der Waals surface area contributed by atoms with Crippen LogP contribution in [0.15, 0.2) is 36.4 Å². The van der Waals surface area contributed by atoms with Crippen LogP contribution >= 0.6 is 23.2 Å². The summed E-state index contributed by atoms with van der Waals surface area (Å²) in [5.41, 5.74) is 2.83. The summed E-state index contributed by atoms with van der Waals surface area (Å²) in [5, 5.41) is 1.12. The van der Waals surface area contributed by atoms with Crippen LogP contribution in [0.5, 0.6) is 0 Å². The van der Waals surface area contributed by atoms with Gasteiger partial charge < -0.3 is 4.90 Å². The average Bonchev–Trinajstić information content (AvgIpc) is 2.82. The van der Waals surface area contributed by atoms with Crippen LogP contribution in [0, 0.1) is 6.92 Å². The zero-order valence-corrected chi connectivity index (χ0v) is 21.8. The molecular formula is C28H33Cl2N3O2. The number of carbonyl (C=O) groups excluding carboxylic acids is 2. The number of Topliss-reactive ketones (excluding diaryl/α,β-unsaturated/α-hetero) is 2. The molecule has 2 atom stereocenters. The summed E-state index contributed by atoms with van der Waals surface area (Å²) in [7, 11) is 0. The van der Waals surface area contributed by atoms with Gasteiger partial charge in [-0.15, -0.1) is 0 Å². The van der Waals surface area contributed by atoms with E-state index in [1.807, 2.05) is 37.3 Å². The van der Waals surface area contributed by atoms with Crippen molar-refractivity contribution in [3.63, 3.8) is 0 Å². The molecule has 1 aromatic heterocycles. The van der Waals surface area contributed by atoms with Crippen molar-refractivity contribution in [1.82, 2.24) is 14.8 Å². The molecule has 1 aliphatic carbocycles. The highest BCUT2D eigenvalue weighted by molar-refractivity contribution is 6.42. The predicted molar refractivity (Wildman–Crippen MR) is 139 cm³/mol. The van der Waals surface area contributed by atoms with Gasteiger partial charge in [-0.2, -0.15) is 0 Å². The third-order valence-corrected chi connectivity index (χ3v) is 9.09. The molecule has 186 valence electrons. The second-order valence-corrected chi connectivity index (χ2v) is 11.4. The number of aryl methyl sites for hydroxylation is 1. The number of piperidine rings is 1. The van der Waals surface area contributed by atoms with Crippen molar-refractivity contribution in [2.75, 3.05) is 32.7 Å². The second kappa shape index (κ2) is 10.3. The van der Waals surface area contributed by atoms with E-state index >= 15 is 0 Å². The molecule has 0 amide bonds. The van der Waals surface area contributed by atoms with Gasteiger partial charge in [-0.25, -0.2) is 0 Å². The second-order valence-electron chi connectivity index (χ2n) is 10.6. The number of carbonyl (C=O) groups is 2. The number of hydrogen-bond donors (Lipinski definition) is 0. The first-order chi connectivity index (χ1) is 16.8. The molecule has 0 spiro atoms. The maximum Gasteiger partial charge on any atom is 0.141 e. The molecule has 0 N–H and O–H groups in total. The molecule has 1 unspecified atom stereocenters. The highest BCUT2D eigenvalue weighted by Crippen LogP contribution is 2.47. The molecule has 2 aromatic rings. The predicted octanol–water partition coefficient (Wildman–Crippen LogP) is 5.21. The van der Waals surface area contributed by atoms with Crippen LogP contribution in [0.3, 0.4) is 0 Å². The molecule has 5 nitrogen and oxygen atoms in total. The Morgan fingerprint density at radius 2 is 1.80 bits per heavy atom. The Hall–Kier alpha value is -1.79. The van der Waals surface area contributed by atoms with Crippen LogP contribution < -0.4 is 0 Å². The van der Waals surface area contributed by atoms with Gasteiger partial charge in [-0.3, -0.25) is 19.5 Å². The summed E-state index contributed by atoms with van der Waals surface area (Å²) in [4.78, 5) is 34.4. The monoisotopic (exact) mass is 513 g/mol. The molecule has 2 saturated heterocycles. The van der Waals surface area contributed by atoms with Gasteiger partial charge >= 0.3 is 0 Å². The van der Waals surface area contributed by atoms with Crippen molar-refractivity contribution in [3.8, 4) is 0 Å². The molecule has 1 aromatic carbocycles. The lowest BCUT2D eigenvalue weighted by Crippen LogP contribution is -2.61. The summed E-state index contributed by atoms with van der Waals surface area (Å²) >= 11 is 12.7. The Morgan fingerprint density at radius 1 is 1.03 bits per heavy atom. The summed E-state index contributed by atoms with van der Waals surface area (Å²) in [6, 6.07) is 12.5. The highest BCUT2D eigenvalue weighted by atomic mass is 35.5. The number of halogens is 2. The largest absolute Gasteiger partial charge is 0.300 e. The van der Waals surface area contributed by atoms with Crippen molar-refractivity contribution in [1.29, 1.82) is 0 Å². The SMILES string of the molecule is Cc1cccc(C2C[C@@](CCN3CC(N4CCC(=O)CC4)C3)(c3ccc(Cl)c(Cl)c3)CCC2=O)n1. The first-order valence-electron chi connectivity index (χ1n) is 12.7. The lowest BCUT2D eigenvalue weighted by Gasteiger charge is -2.48. The number of rotatable bonds is 6. The third kappa shape index (κ3) is 5.34. The Bertz CT molecular complexity index is 1110. The fourth-order valence-electron chi connectivity index (χ4n) is 6.10. The fraction of sp³-hybridized carbons (Fsp3) is 0.536. The van der Waals surface area contributed by atoms with Crippen LogP contribution in [0.1, 0.15) is 61.4 Å². The summed E-state index contributed by atoms with van der Waals surface area (Å²) in [5.74, 6) is 0.473. The van der Waals surface area contributed by atoms with Crippen molar-refractivity contribution in [2.24, 2.45) is 0 Å². The van der Waals surface area contributed by atoms with E-state index in [1.165, 1.54) is 5.56 Å². The zero-order valence-electron chi connectivity index (χ0n) is 20.3. The fourth-order valence-corrected chi connectivity index (χ4v) is 6.40. The number of aromatic nitrogens is 1.